The molecule has 2 aromatic heterocycles. The smallest absolute Gasteiger partial charge is 0.391 e. The number of fused-ring (bicyclic) bond motifs is 1. The molecule has 0 aromatic carbocycles. The van der Waals surface area contributed by atoms with Crippen LogP contribution in [0.5, 0.6) is 0 Å². The third kappa shape index (κ3) is 2.27. The van der Waals surface area contributed by atoms with Crippen LogP contribution in [0.1, 0.15) is 12.8 Å². The van der Waals surface area contributed by atoms with Gasteiger partial charge >= 0.3 is 6.18 Å². The molecule has 3 nitrogen and oxygen atoms in total. The second-order valence-electron chi connectivity index (χ2n) is 4.77. The van der Waals surface area contributed by atoms with E-state index in [2.05, 4.69) is 4.98 Å². The summed E-state index contributed by atoms with van der Waals surface area (Å²) in [6, 6.07) is 3.55. The minimum atomic E-state index is -4.08. The number of anilines is 1. The minimum Gasteiger partial charge on any atom is -0.464 e. The number of nitrogens with zero attached hydrogens (tertiary/aromatic N) is 2. The van der Waals surface area contributed by atoms with E-state index in [1.807, 2.05) is 4.90 Å². The van der Waals surface area contributed by atoms with Crippen molar-refractivity contribution in [2.24, 2.45) is 5.92 Å². The summed E-state index contributed by atoms with van der Waals surface area (Å²) in [5.41, 5.74) is 0.711. The Morgan fingerprint density at radius 3 is 2.63 bits per heavy atom. The largest absolute Gasteiger partial charge is 0.464 e. The van der Waals surface area contributed by atoms with Gasteiger partial charge < -0.3 is 9.32 Å². The number of rotatable bonds is 1. The molecule has 1 fully saturated rings. The summed E-state index contributed by atoms with van der Waals surface area (Å²) in [5, 5.41) is 0.855. The zero-order valence-electron chi connectivity index (χ0n) is 10.2. The number of pyridine rings is 1. The van der Waals surface area contributed by atoms with E-state index >= 15 is 0 Å². The molecule has 3 heterocycles. The van der Waals surface area contributed by atoms with Crippen LogP contribution in [-0.4, -0.2) is 24.2 Å². The van der Waals surface area contributed by atoms with Gasteiger partial charge in [0.05, 0.1) is 17.6 Å². The van der Waals surface area contributed by atoms with Crippen LogP contribution in [0, 0.1) is 5.92 Å². The fourth-order valence-electron chi connectivity index (χ4n) is 2.55. The van der Waals surface area contributed by atoms with Crippen molar-refractivity contribution in [1.29, 1.82) is 0 Å². The second-order valence-corrected chi connectivity index (χ2v) is 4.77. The molecule has 0 saturated carbocycles. The third-order valence-corrected chi connectivity index (χ3v) is 3.62. The average molecular weight is 270 g/mol. The maximum atomic E-state index is 12.6. The lowest BCUT2D eigenvalue weighted by molar-refractivity contribution is -0.179. The number of furan rings is 1. The summed E-state index contributed by atoms with van der Waals surface area (Å²) >= 11 is 0. The van der Waals surface area contributed by atoms with Crippen LogP contribution in [0.3, 0.4) is 0 Å². The lowest BCUT2D eigenvalue weighted by atomic mass is 9.96. The Bertz CT molecular complexity index is 571. The summed E-state index contributed by atoms with van der Waals surface area (Å²) in [6.07, 6.45) is -0.644. The van der Waals surface area contributed by atoms with Gasteiger partial charge in [-0.05, 0) is 25.0 Å². The molecule has 0 aliphatic carbocycles. The molecule has 1 aliphatic rings. The van der Waals surface area contributed by atoms with Gasteiger partial charge in [-0.3, -0.25) is 0 Å². The summed E-state index contributed by atoms with van der Waals surface area (Å²) in [6.45, 7) is 0.753. The van der Waals surface area contributed by atoms with E-state index in [0.717, 1.165) is 5.39 Å². The summed E-state index contributed by atoms with van der Waals surface area (Å²) in [5.74, 6) is -0.473. The maximum absolute atomic E-state index is 12.6. The van der Waals surface area contributed by atoms with Crippen molar-refractivity contribution in [1.82, 2.24) is 4.98 Å². The van der Waals surface area contributed by atoms with Gasteiger partial charge in [-0.25, -0.2) is 4.98 Å². The number of halogens is 3. The van der Waals surface area contributed by atoms with Crippen LogP contribution in [0.15, 0.2) is 29.0 Å². The highest BCUT2D eigenvalue weighted by atomic mass is 19.4. The fourth-order valence-corrected chi connectivity index (χ4v) is 2.55. The third-order valence-electron chi connectivity index (χ3n) is 3.62. The zero-order valence-corrected chi connectivity index (χ0v) is 10.2. The van der Waals surface area contributed by atoms with Crippen molar-refractivity contribution in [3.8, 4) is 0 Å². The molecule has 3 rings (SSSR count). The predicted molar refractivity (Wildman–Crippen MR) is 65.0 cm³/mol. The lowest BCUT2D eigenvalue weighted by Gasteiger charge is -2.33. The number of alkyl halides is 3. The molecule has 0 radical (unpaired) electrons. The Morgan fingerprint density at radius 2 is 1.95 bits per heavy atom. The highest BCUT2D eigenvalue weighted by molar-refractivity contribution is 5.88. The number of piperidine rings is 1. The normalized spacial score (nSPS) is 18.2. The first-order valence-corrected chi connectivity index (χ1v) is 6.19. The molecule has 6 heteroatoms. The van der Waals surface area contributed by atoms with E-state index in [-0.39, 0.29) is 12.8 Å². The van der Waals surface area contributed by atoms with E-state index in [1.165, 1.54) is 0 Å². The second kappa shape index (κ2) is 4.43. The van der Waals surface area contributed by atoms with Gasteiger partial charge in [0.2, 0.25) is 0 Å². The summed E-state index contributed by atoms with van der Waals surface area (Å²) in [7, 11) is 0. The molecule has 0 bridgehead atoms. The Morgan fingerprint density at radius 1 is 1.21 bits per heavy atom. The number of aromatic nitrogens is 1. The molecular formula is C13H13F3N2O. The molecule has 2 aromatic rings. The Kier molecular flexibility index (Phi) is 2.88. The van der Waals surface area contributed by atoms with Crippen molar-refractivity contribution < 1.29 is 17.6 Å². The molecule has 1 aliphatic heterocycles. The van der Waals surface area contributed by atoms with Crippen LogP contribution in [-0.2, 0) is 0 Å². The molecule has 102 valence electrons. The number of hydrogen-bond acceptors (Lipinski definition) is 3. The highest BCUT2D eigenvalue weighted by Gasteiger charge is 2.41. The van der Waals surface area contributed by atoms with Crippen LogP contribution in [0.25, 0.3) is 11.0 Å². The van der Waals surface area contributed by atoms with Crippen LogP contribution in [0.2, 0.25) is 0 Å². The summed E-state index contributed by atoms with van der Waals surface area (Å²) in [4.78, 5) is 6.18. The van der Waals surface area contributed by atoms with Crippen molar-refractivity contribution >= 4 is 16.8 Å². The predicted octanol–water partition coefficient (Wildman–Crippen LogP) is 3.61. The van der Waals surface area contributed by atoms with Crippen molar-refractivity contribution in [2.75, 3.05) is 18.0 Å². The minimum absolute atomic E-state index is 0.124. The van der Waals surface area contributed by atoms with Gasteiger partial charge in [-0.15, -0.1) is 0 Å². The zero-order chi connectivity index (χ0) is 13.5. The monoisotopic (exact) mass is 270 g/mol. The Labute approximate surface area is 108 Å². The van der Waals surface area contributed by atoms with Crippen molar-refractivity contribution in [3.05, 3.63) is 24.6 Å². The SMILES string of the molecule is FC(F)(F)C1CCN(c2nccc3occc23)CC1. The number of hydrogen-bond donors (Lipinski definition) is 0. The first kappa shape index (κ1) is 12.3. The van der Waals surface area contributed by atoms with Crippen molar-refractivity contribution in [3.63, 3.8) is 0 Å². The van der Waals surface area contributed by atoms with Crippen LogP contribution < -0.4 is 4.90 Å². The van der Waals surface area contributed by atoms with E-state index < -0.39 is 12.1 Å². The first-order valence-electron chi connectivity index (χ1n) is 6.19. The quantitative estimate of drug-likeness (QED) is 0.792. The van der Waals surface area contributed by atoms with Gasteiger partial charge in [-0.1, -0.05) is 0 Å². The van der Waals surface area contributed by atoms with Gasteiger partial charge in [-0.2, -0.15) is 13.2 Å². The van der Waals surface area contributed by atoms with E-state index in [1.54, 1.807) is 24.6 Å². The molecule has 0 atom stereocenters. The lowest BCUT2D eigenvalue weighted by Crippen LogP contribution is -2.39. The molecular weight excluding hydrogens is 257 g/mol. The van der Waals surface area contributed by atoms with E-state index in [4.69, 9.17) is 4.42 Å². The fraction of sp³-hybridized carbons (Fsp3) is 0.462. The molecule has 1 saturated heterocycles. The molecule has 0 unspecified atom stereocenters. The van der Waals surface area contributed by atoms with Crippen molar-refractivity contribution in [2.45, 2.75) is 19.0 Å². The average Bonchev–Trinajstić information content (AvgIpc) is 2.86. The molecule has 0 N–H and O–H groups in total. The Hall–Kier alpha value is -1.72. The standard InChI is InChI=1S/C13H13F3N2O/c14-13(15,16)9-2-6-18(7-3-9)12-10-4-8-19-11(10)1-5-17-12/h1,4-5,8-9H,2-3,6-7H2. The maximum Gasteiger partial charge on any atom is 0.391 e. The van der Waals surface area contributed by atoms with Gasteiger partial charge in [0.15, 0.2) is 0 Å². The first-order chi connectivity index (χ1) is 9.05. The molecule has 0 spiro atoms. The van der Waals surface area contributed by atoms with Crippen LogP contribution >= 0.6 is 0 Å². The molecule has 19 heavy (non-hydrogen) atoms. The van der Waals surface area contributed by atoms with Crippen LogP contribution in [0.4, 0.5) is 19.0 Å². The van der Waals surface area contributed by atoms with E-state index in [0.29, 0.717) is 24.5 Å². The topological polar surface area (TPSA) is 29.3 Å². The highest BCUT2D eigenvalue weighted by Crippen LogP contribution is 2.36. The van der Waals surface area contributed by atoms with Gasteiger partial charge in [0, 0.05) is 19.3 Å². The summed E-state index contributed by atoms with van der Waals surface area (Å²) < 4.78 is 43.2. The van der Waals surface area contributed by atoms with E-state index in [9.17, 15) is 13.2 Å². The Balaban J connectivity index is 1.80. The molecule has 0 amide bonds. The van der Waals surface area contributed by atoms with Gasteiger partial charge in [0.1, 0.15) is 11.4 Å². The van der Waals surface area contributed by atoms with Gasteiger partial charge in [0.25, 0.3) is 0 Å².